The Bertz CT molecular complexity index is 854. The predicted molar refractivity (Wildman–Crippen MR) is 111 cm³/mol. The molecule has 2 aromatic rings. The van der Waals surface area contributed by atoms with Crippen molar-refractivity contribution in [2.24, 2.45) is 0 Å². The van der Waals surface area contributed by atoms with Crippen LogP contribution in [0.5, 0.6) is 17.2 Å². The largest absolute Gasteiger partial charge is 0.496 e. The third-order valence-electron chi connectivity index (χ3n) is 3.90. The quantitative estimate of drug-likeness (QED) is 0.564. The van der Waals surface area contributed by atoms with Crippen molar-refractivity contribution in [3.8, 4) is 17.2 Å². The number of carbonyl (C=O) groups excluding carboxylic acids is 1. The van der Waals surface area contributed by atoms with E-state index in [4.69, 9.17) is 25.8 Å². The van der Waals surface area contributed by atoms with E-state index in [1.807, 2.05) is 18.2 Å². The summed E-state index contributed by atoms with van der Waals surface area (Å²) in [5.41, 5.74) is 1.64. The molecule has 0 bridgehead atoms. The van der Waals surface area contributed by atoms with E-state index in [1.165, 1.54) is 20.3 Å². The fourth-order valence-corrected chi connectivity index (χ4v) is 3.24. The Morgan fingerprint density at radius 2 is 1.81 bits per heavy atom. The summed E-state index contributed by atoms with van der Waals surface area (Å²) in [5, 5.41) is 0.413. The fourth-order valence-electron chi connectivity index (χ4n) is 2.53. The van der Waals surface area contributed by atoms with E-state index in [0.717, 1.165) is 21.3 Å². The van der Waals surface area contributed by atoms with Gasteiger partial charge in [-0.2, -0.15) is 0 Å². The van der Waals surface area contributed by atoms with E-state index in [1.54, 1.807) is 37.3 Å². The van der Waals surface area contributed by atoms with E-state index in [2.05, 4.69) is 15.9 Å². The first-order valence-electron chi connectivity index (χ1n) is 8.06. The van der Waals surface area contributed by atoms with Gasteiger partial charge in [-0.1, -0.05) is 27.5 Å². The first-order chi connectivity index (χ1) is 12.9. The molecule has 0 atom stereocenters. The summed E-state index contributed by atoms with van der Waals surface area (Å²) < 4.78 is 16.8. The molecule has 144 valence electrons. The maximum absolute atomic E-state index is 12.5. The molecular weight excluding hydrogens is 434 g/mol. The molecule has 2 aromatic carbocycles. The molecule has 0 spiro atoms. The Morgan fingerprint density at radius 3 is 2.44 bits per heavy atom. The Hall–Kier alpha value is -2.18. The zero-order valence-corrected chi connectivity index (χ0v) is 17.9. The molecule has 1 amide bonds. The third kappa shape index (κ3) is 5.40. The van der Waals surface area contributed by atoms with Gasteiger partial charge in [0.2, 0.25) is 5.91 Å². The Labute approximate surface area is 172 Å². The lowest BCUT2D eigenvalue weighted by Gasteiger charge is -2.17. The molecule has 5 nitrogen and oxygen atoms in total. The van der Waals surface area contributed by atoms with Crippen LogP contribution in [0.25, 0.3) is 6.08 Å². The van der Waals surface area contributed by atoms with Crippen LogP contribution in [-0.4, -0.2) is 39.2 Å². The molecule has 0 unspecified atom stereocenters. The summed E-state index contributed by atoms with van der Waals surface area (Å²) in [5.74, 6) is 1.54. The Morgan fingerprint density at radius 1 is 1.11 bits per heavy atom. The maximum Gasteiger partial charge on any atom is 0.246 e. The highest BCUT2D eigenvalue weighted by molar-refractivity contribution is 9.10. The average molecular weight is 455 g/mol. The molecule has 0 radical (unpaired) electrons. The van der Waals surface area contributed by atoms with Gasteiger partial charge < -0.3 is 19.1 Å². The summed E-state index contributed by atoms with van der Waals surface area (Å²) in [6.07, 6.45) is 3.17. The summed E-state index contributed by atoms with van der Waals surface area (Å²) >= 11 is 9.63. The second-order valence-electron chi connectivity index (χ2n) is 5.72. The number of rotatable bonds is 7. The van der Waals surface area contributed by atoms with Crippen molar-refractivity contribution in [2.45, 2.75) is 6.54 Å². The number of nitrogens with zero attached hydrogens (tertiary/aromatic N) is 1. The minimum absolute atomic E-state index is 0.150. The number of amides is 1. The smallest absolute Gasteiger partial charge is 0.246 e. The standard InChI is InChI=1S/C20H21BrClNO4/c1-23(12-14-11-15(21)6-7-17(14)25-2)19(24)8-5-13-9-16(22)20(27-4)18(10-13)26-3/h5-11H,12H2,1-4H3/b8-5+. The van der Waals surface area contributed by atoms with Crippen LogP contribution in [0.4, 0.5) is 0 Å². The van der Waals surface area contributed by atoms with Crippen LogP contribution in [-0.2, 0) is 11.3 Å². The first kappa shape index (κ1) is 21.1. The molecule has 0 aliphatic rings. The van der Waals surface area contributed by atoms with Gasteiger partial charge in [0.1, 0.15) is 5.75 Å². The normalized spacial score (nSPS) is 10.7. The van der Waals surface area contributed by atoms with Gasteiger partial charge in [-0.05, 0) is 42.0 Å². The number of methoxy groups -OCH3 is 3. The van der Waals surface area contributed by atoms with E-state index in [9.17, 15) is 4.79 Å². The number of hydrogen-bond acceptors (Lipinski definition) is 4. The summed E-state index contributed by atoms with van der Waals surface area (Å²) in [4.78, 5) is 14.1. The molecule has 0 fully saturated rings. The van der Waals surface area contributed by atoms with Crippen molar-refractivity contribution >= 4 is 39.5 Å². The van der Waals surface area contributed by atoms with Gasteiger partial charge in [0.05, 0.1) is 26.4 Å². The average Bonchev–Trinajstić information content (AvgIpc) is 2.65. The van der Waals surface area contributed by atoms with Crippen LogP contribution >= 0.6 is 27.5 Å². The second kappa shape index (κ2) is 9.67. The molecule has 0 aliphatic carbocycles. The van der Waals surface area contributed by atoms with Crippen LogP contribution in [0.3, 0.4) is 0 Å². The SMILES string of the molecule is COc1ccc(Br)cc1CN(C)C(=O)/C=C/c1cc(Cl)c(OC)c(OC)c1. The Balaban J connectivity index is 2.15. The minimum Gasteiger partial charge on any atom is -0.496 e. The second-order valence-corrected chi connectivity index (χ2v) is 7.04. The molecule has 0 aliphatic heterocycles. The molecule has 0 heterocycles. The predicted octanol–water partition coefficient (Wildman–Crippen LogP) is 4.80. The zero-order chi connectivity index (χ0) is 20.0. The van der Waals surface area contributed by atoms with Gasteiger partial charge in [0.15, 0.2) is 11.5 Å². The van der Waals surface area contributed by atoms with Gasteiger partial charge in [0, 0.05) is 29.7 Å². The van der Waals surface area contributed by atoms with Crippen LogP contribution in [0.1, 0.15) is 11.1 Å². The van der Waals surface area contributed by atoms with Crippen LogP contribution in [0.15, 0.2) is 40.9 Å². The molecule has 2 rings (SSSR count). The van der Waals surface area contributed by atoms with Crippen molar-refractivity contribution < 1.29 is 19.0 Å². The highest BCUT2D eigenvalue weighted by atomic mass is 79.9. The van der Waals surface area contributed by atoms with Crippen molar-refractivity contribution in [3.63, 3.8) is 0 Å². The highest BCUT2D eigenvalue weighted by Gasteiger charge is 2.12. The lowest BCUT2D eigenvalue weighted by atomic mass is 10.1. The van der Waals surface area contributed by atoms with Crippen molar-refractivity contribution in [1.82, 2.24) is 4.90 Å². The molecular formula is C20H21BrClNO4. The van der Waals surface area contributed by atoms with E-state index in [-0.39, 0.29) is 5.91 Å². The molecule has 0 aromatic heterocycles. The van der Waals surface area contributed by atoms with E-state index >= 15 is 0 Å². The lowest BCUT2D eigenvalue weighted by Crippen LogP contribution is -2.24. The molecule has 0 N–H and O–H groups in total. The molecule has 27 heavy (non-hydrogen) atoms. The molecule has 0 saturated heterocycles. The van der Waals surface area contributed by atoms with E-state index < -0.39 is 0 Å². The monoisotopic (exact) mass is 453 g/mol. The van der Waals surface area contributed by atoms with Crippen molar-refractivity contribution in [3.05, 3.63) is 57.0 Å². The number of carbonyl (C=O) groups is 1. The van der Waals surface area contributed by atoms with Crippen LogP contribution in [0.2, 0.25) is 5.02 Å². The van der Waals surface area contributed by atoms with Crippen molar-refractivity contribution in [2.75, 3.05) is 28.4 Å². The van der Waals surface area contributed by atoms with Gasteiger partial charge >= 0.3 is 0 Å². The molecule has 0 saturated carbocycles. The number of ether oxygens (including phenoxy) is 3. The van der Waals surface area contributed by atoms with E-state index in [0.29, 0.717) is 23.1 Å². The lowest BCUT2D eigenvalue weighted by molar-refractivity contribution is -0.125. The van der Waals surface area contributed by atoms with Gasteiger partial charge in [-0.15, -0.1) is 0 Å². The molecule has 7 heteroatoms. The van der Waals surface area contributed by atoms with Gasteiger partial charge in [-0.25, -0.2) is 0 Å². The maximum atomic E-state index is 12.5. The van der Waals surface area contributed by atoms with Gasteiger partial charge in [0.25, 0.3) is 0 Å². The fraction of sp³-hybridized carbons (Fsp3) is 0.250. The highest BCUT2D eigenvalue weighted by Crippen LogP contribution is 2.36. The number of likely N-dealkylation sites (N-methyl/N-ethyl adjacent to an activating group) is 1. The first-order valence-corrected chi connectivity index (χ1v) is 9.23. The minimum atomic E-state index is -0.150. The van der Waals surface area contributed by atoms with Gasteiger partial charge in [-0.3, -0.25) is 4.79 Å². The summed E-state index contributed by atoms with van der Waals surface area (Å²) in [6.45, 7) is 0.415. The zero-order valence-electron chi connectivity index (χ0n) is 15.6. The topological polar surface area (TPSA) is 48.0 Å². The third-order valence-corrected chi connectivity index (χ3v) is 4.67. The summed E-state index contributed by atoms with van der Waals surface area (Å²) in [7, 11) is 6.39. The Kier molecular flexibility index (Phi) is 7.56. The number of halogens is 2. The summed E-state index contributed by atoms with van der Waals surface area (Å²) in [6, 6.07) is 9.15. The number of hydrogen-bond donors (Lipinski definition) is 0. The van der Waals surface area contributed by atoms with Crippen LogP contribution in [0, 0.1) is 0 Å². The van der Waals surface area contributed by atoms with Crippen molar-refractivity contribution in [1.29, 1.82) is 0 Å². The number of benzene rings is 2. The van der Waals surface area contributed by atoms with Crippen LogP contribution < -0.4 is 14.2 Å².